The molecule has 2 N–H and O–H groups in total. The number of nitro groups is 1. The predicted molar refractivity (Wildman–Crippen MR) is 101 cm³/mol. The Balaban J connectivity index is 2.65. The van der Waals surface area contributed by atoms with E-state index < -0.39 is 29.0 Å². The van der Waals surface area contributed by atoms with Gasteiger partial charge in [-0.15, -0.1) is 0 Å². The summed E-state index contributed by atoms with van der Waals surface area (Å²) in [5.74, 6) is -0.262. The van der Waals surface area contributed by atoms with Gasteiger partial charge in [-0.25, -0.2) is 4.79 Å². The Hall–Kier alpha value is -2.90. The van der Waals surface area contributed by atoms with E-state index in [-0.39, 0.29) is 18.2 Å². The van der Waals surface area contributed by atoms with E-state index in [1.807, 2.05) is 44.2 Å². The first-order chi connectivity index (χ1) is 12.7. The van der Waals surface area contributed by atoms with Crippen LogP contribution in [0.15, 0.2) is 42.1 Å². The van der Waals surface area contributed by atoms with Crippen molar-refractivity contribution in [1.82, 2.24) is 10.6 Å². The number of nitrogens with zero attached hydrogens (tertiary/aromatic N) is 1. The minimum absolute atomic E-state index is 0.0570. The minimum atomic E-state index is -0.792. The maximum atomic E-state index is 12.5. The van der Waals surface area contributed by atoms with Crippen LogP contribution in [0.1, 0.15) is 39.7 Å². The molecule has 0 bridgehead atoms. The Morgan fingerprint density at radius 1 is 1.19 bits per heavy atom. The van der Waals surface area contributed by atoms with Crippen molar-refractivity contribution in [3.05, 3.63) is 57.8 Å². The van der Waals surface area contributed by atoms with Gasteiger partial charge in [0.2, 0.25) is 11.6 Å². The van der Waals surface area contributed by atoms with Crippen LogP contribution in [0.4, 0.5) is 4.79 Å². The van der Waals surface area contributed by atoms with Crippen molar-refractivity contribution in [1.29, 1.82) is 0 Å². The molecule has 0 saturated heterocycles. The molecule has 0 unspecified atom stereocenters. The molecule has 148 valence electrons. The Morgan fingerprint density at radius 3 is 2.37 bits per heavy atom. The summed E-state index contributed by atoms with van der Waals surface area (Å²) in [7, 11) is 0. The molecule has 27 heavy (non-hydrogen) atoms. The smallest absolute Gasteiger partial charge is 0.408 e. The van der Waals surface area contributed by atoms with E-state index >= 15 is 0 Å². The zero-order valence-electron chi connectivity index (χ0n) is 16.1. The minimum Gasteiger partial charge on any atom is -0.445 e. The molecular weight excluding hydrogens is 350 g/mol. The molecule has 1 aromatic rings. The lowest BCUT2D eigenvalue weighted by molar-refractivity contribution is -0.424. The second kappa shape index (κ2) is 10.9. The second-order valence-electron chi connectivity index (χ2n) is 6.75. The molecule has 0 aromatic heterocycles. The number of hydrogen-bond donors (Lipinski definition) is 2. The first-order valence-corrected chi connectivity index (χ1v) is 8.79. The molecule has 0 aliphatic rings. The predicted octanol–water partition coefficient (Wildman–Crippen LogP) is 3.01. The van der Waals surface area contributed by atoms with Gasteiger partial charge >= 0.3 is 6.09 Å². The van der Waals surface area contributed by atoms with Gasteiger partial charge in [-0.1, -0.05) is 44.2 Å². The van der Waals surface area contributed by atoms with Gasteiger partial charge in [0.05, 0.1) is 11.0 Å². The third kappa shape index (κ3) is 8.84. The van der Waals surface area contributed by atoms with Crippen molar-refractivity contribution < 1.29 is 19.2 Å². The fourth-order valence-corrected chi connectivity index (χ4v) is 2.40. The van der Waals surface area contributed by atoms with Gasteiger partial charge in [0, 0.05) is 13.0 Å². The Labute approximate surface area is 159 Å². The SMILES string of the molecule is C/C(=C\[C@H](C)NC(=O)[C@H](CC(C)C)NC(=O)OCc1ccccc1)[N+](=O)[O-]. The average molecular weight is 377 g/mol. The fraction of sp³-hybridized carbons (Fsp3) is 0.474. The number of nitrogens with one attached hydrogen (secondary N) is 2. The molecule has 0 radical (unpaired) electrons. The maximum Gasteiger partial charge on any atom is 0.408 e. The van der Waals surface area contributed by atoms with Crippen molar-refractivity contribution >= 4 is 12.0 Å². The number of carbonyl (C=O) groups excluding carboxylic acids is 2. The van der Waals surface area contributed by atoms with Crippen LogP contribution in [0.5, 0.6) is 0 Å². The van der Waals surface area contributed by atoms with Gasteiger partial charge in [-0.05, 0) is 24.8 Å². The van der Waals surface area contributed by atoms with Crippen molar-refractivity contribution in [3.63, 3.8) is 0 Å². The number of rotatable bonds is 9. The van der Waals surface area contributed by atoms with E-state index in [9.17, 15) is 19.7 Å². The molecule has 2 amide bonds. The van der Waals surface area contributed by atoms with Crippen molar-refractivity contribution in [2.24, 2.45) is 5.92 Å². The summed E-state index contributed by atoms with van der Waals surface area (Å²) in [4.78, 5) is 34.7. The summed E-state index contributed by atoms with van der Waals surface area (Å²) in [5, 5.41) is 15.9. The molecular formula is C19H27N3O5. The number of benzene rings is 1. The summed E-state index contributed by atoms with van der Waals surface area (Å²) in [5.41, 5.74) is 0.782. The van der Waals surface area contributed by atoms with Crippen molar-refractivity contribution in [2.45, 2.75) is 52.8 Å². The lowest BCUT2D eigenvalue weighted by Gasteiger charge is -2.21. The highest BCUT2D eigenvalue weighted by Gasteiger charge is 2.24. The van der Waals surface area contributed by atoms with Crippen LogP contribution >= 0.6 is 0 Å². The highest BCUT2D eigenvalue weighted by Crippen LogP contribution is 2.07. The van der Waals surface area contributed by atoms with E-state index in [1.54, 1.807) is 6.92 Å². The zero-order chi connectivity index (χ0) is 20.4. The highest BCUT2D eigenvalue weighted by molar-refractivity contribution is 5.85. The number of allylic oxidation sites excluding steroid dienone is 1. The van der Waals surface area contributed by atoms with Crippen LogP contribution in [0.3, 0.4) is 0 Å². The van der Waals surface area contributed by atoms with Crippen LogP contribution in [-0.4, -0.2) is 29.0 Å². The summed E-state index contributed by atoms with van der Waals surface area (Å²) < 4.78 is 5.16. The maximum absolute atomic E-state index is 12.5. The van der Waals surface area contributed by atoms with E-state index in [0.717, 1.165) is 5.56 Å². The third-order valence-corrected chi connectivity index (χ3v) is 3.68. The van der Waals surface area contributed by atoms with Gasteiger partial charge in [0.15, 0.2) is 0 Å². The van der Waals surface area contributed by atoms with E-state index in [2.05, 4.69) is 10.6 Å². The van der Waals surface area contributed by atoms with E-state index in [4.69, 9.17) is 4.74 Å². The van der Waals surface area contributed by atoms with Crippen LogP contribution in [0, 0.1) is 16.0 Å². The Kier molecular flexibility index (Phi) is 8.98. The normalized spacial score (nSPS) is 13.6. The summed E-state index contributed by atoms with van der Waals surface area (Å²) in [6.07, 6.45) is 1.07. The van der Waals surface area contributed by atoms with Gasteiger partial charge < -0.3 is 15.4 Å². The third-order valence-electron chi connectivity index (χ3n) is 3.68. The lowest BCUT2D eigenvalue weighted by atomic mass is 10.0. The zero-order valence-corrected chi connectivity index (χ0v) is 16.1. The molecule has 0 aliphatic heterocycles. The Morgan fingerprint density at radius 2 is 1.81 bits per heavy atom. The molecule has 8 nitrogen and oxygen atoms in total. The molecule has 0 fully saturated rings. The van der Waals surface area contributed by atoms with Crippen LogP contribution in [0.2, 0.25) is 0 Å². The lowest BCUT2D eigenvalue weighted by Crippen LogP contribution is -2.49. The Bertz CT molecular complexity index is 673. The monoisotopic (exact) mass is 377 g/mol. The van der Waals surface area contributed by atoms with Crippen molar-refractivity contribution in [3.8, 4) is 0 Å². The molecule has 0 saturated carbocycles. The van der Waals surface area contributed by atoms with Crippen LogP contribution in [0.25, 0.3) is 0 Å². The summed E-state index contributed by atoms with van der Waals surface area (Å²) >= 11 is 0. The largest absolute Gasteiger partial charge is 0.445 e. The van der Waals surface area contributed by atoms with Crippen LogP contribution in [-0.2, 0) is 16.1 Å². The van der Waals surface area contributed by atoms with Gasteiger partial charge in [-0.2, -0.15) is 0 Å². The quantitative estimate of drug-likeness (QED) is 0.508. The fourth-order valence-electron chi connectivity index (χ4n) is 2.40. The first-order valence-electron chi connectivity index (χ1n) is 8.79. The highest BCUT2D eigenvalue weighted by atomic mass is 16.6. The average Bonchev–Trinajstić information content (AvgIpc) is 2.59. The summed E-state index contributed by atoms with van der Waals surface area (Å²) in [6.45, 7) is 6.94. The number of amides is 2. The van der Waals surface area contributed by atoms with Gasteiger partial charge in [-0.3, -0.25) is 14.9 Å². The van der Waals surface area contributed by atoms with E-state index in [1.165, 1.54) is 13.0 Å². The topological polar surface area (TPSA) is 111 Å². The molecule has 0 spiro atoms. The van der Waals surface area contributed by atoms with Gasteiger partial charge in [0.25, 0.3) is 0 Å². The first kappa shape index (κ1) is 22.1. The molecule has 2 atom stereocenters. The molecule has 8 heteroatoms. The molecule has 1 rings (SSSR count). The van der Waals surface area contributed by atoms with E-state index in [0.29, 0.717) is 6.42 Å². The van der Waals surface area contributed by atoms with Crippen molar-refractivity contribution in [2.75, 3.05) is 0 Å². The molecule has 1 aromatic carbocycles. The van der Waals surface area contributed by atoms with Gasteiger partial charge in [0.1, 0.15) is 12.6 Å². The van der Waals surface area contributed by atoms with Crippen LogP contribution < -0.4 is 10.6 Å². The number of ether oxygens (including phenoxy) is 1. The number of carbonyl (C=O) groups is 2. The number of hydrogen-bond acceptors (Lipinski definition) is 5. The second-order valence-corrected chi connectivity index (χ2v) is 6.75. The summed E-state index contributed by atoms with van der Waals surface area (Å²) in [6, 6.07) is 7.87. The number of alkyl carbamates (subject to hydrolysis) is 1. The molecule has 0 heterocycles. The standard InChI is InChI=1S/C19H27N3O5/c1-13(2)10-17(18(23)20-14(3)11-15(4)22(25)26)21-19(24)27-12-16-8-6-5-7-9-16/h5-9,11,13-14,17H,10,12H2,1-4H3,(H,20,23)(H,21,24)/b15-11+/t14-,17-/m0/s1. The molecule has 0 aliphatic carbocycles.